The van der Waals surface area contributed by atoms with E-state index in [1.165, 1.54) is 6.07 Å². The lowest BCUT2D eigenvalue weighted by atomic mass is 9.80. The molecule has 0 amide bonds. The fourth-order valence-electron chi connectivity index (χ4n) is 3.48. The van der Waals surface area contributed by atoms with Crippen LogP contribution in [0.15, 0.2) is 18.2 Å². The average molecular weight is 410 g/mol. The number of benzene rings is 1. The largest absolute Gasteiger partial charge is 0.573 e. The molecule has 2 rings (SSSR count). The van der Waals surface area contributed by atoms with E-state index in [-0.39, 0.29) is 16.9 Å². The Balaban J connectivity index is 1.84. The van der Waals surface area contributed by atoms with Crippen molar-refractivity contribution in [2.45, 2.75) is 64.0 Å². The first kappa shape index (κ1) is 22.0. The van der Waals surface area contributed by atoms with Gasteiger partial charge in [0, 0.05) is 0 Å². The highest BCUT2D eigenvalue weighted by atomic mass is 32.2. The van der Waals surface area contributed by atoms with Gasteiger partial charge in [-0.2, -0.15) is 0 Å². The van der Waals surface area contributed by atoms with E-state index in [2.05, 4.69) is 4.74 Å². The summed E-state index contributed by atoms with van der Waals surface area (Å²) in [4.78, 5) is 0. The maximum absolute atomic E-state index is 13.5. The predicted molar refractivity (Wildman–Crippen MR) is 95.8 cm³/mol. The highest BCUT2D eigenvalue weighted by Gasteiger charge is 2.32. The zero-order valence-corrected chi connectivity index (χ0v) is 16.4. The normalized spacial score (nSPS) is 21.4. The van der Waals surface area contributed by atoms with E-state index >= 15 is 0 Å². The van der Waals surface area contributed by atoms with Gasteiger partial charge in [0.15, 0.2) is 21.4 Å². The molecule has 0 aliphatic heterocycles. The molecule has 1 aliphatic rings. The zero-order chi connectivity index (χ0) is 20.2. The van der Waals surface area contributed by atoms with E-state index in [1.807, 2.05) is 0 Å². The first-order valence-corrected chi connectivity index (χ1v) is 10.9. The van der Waals surface area contributed by atoms with Gasteiger partial charge < -0.3 is 4.74 Å². The monoisotopic (exact) mass is 410 g/mol. The third-order valence-electron chi connectivity index (χ3n) is 5.22. The van der Waals surface area contributed by atoms with Crippen molar-refractivity contribution >= 4 is 9.84 Å². The molecule has 1 aromatic carbocycles. The molecular weight excluding hydrogens is 384 g/mol. The second-order valence-electron chi connectivity index (χ2n) is 7.62. The quantitative estimate of drug-likeness (QED) is 0.574. The summed E-state index contributed by atoms with van der Waals surface area (Å²) >= 11 is 0. The van der Waals surface area contributed by atoms with E-state index in [4.69, 9.17) is 0 Å². The number of hydrogen-bond acceptors (Lipinski definition) is 3. The maximum Gasteiger partial charge on any atom is 0.573 e. The van der Waals surface area contributed by atoms with Crippen molar-refractivity contribution in [2.24, 2.45) is 11.8 Å². The molecule has 1 saturated carbocycles. The molecule has 0 N–H and O–H groups in total. The Kier molecular flexibility index (Phi) is 7.16. The van der Waals surface area contributed by atoms with Crippen LogP contribution in [-0.4, -0.2) is 25.8 Å². The fraction of sp³-hybridized carbons (Fsp3) is 0.684. The molecule has 0 spiro atoms. The lowest BCUT2D eigenvalue weighted by Gasteiger charge is -2.29. The highest BCUT2D eigenvalue weighted by Crippen LogP contribution is 2.33. The first-order chi connectivity index (χ1) is 12.5. The Morgan fingerprint density at radius 2 is 1.70 bits per heavy atom. The number of alkyl halides is 3. The van der Waals surface area contributed by atoms with Gasteiger partial charge in [0.2, 0.25) is 0 Å². The summed E-state index contributed by atoms with van der Waals surface area (Å²) in [6, 6.07) is 3.56. The minimum atomic E-state index is -4.92. The molecule has 1 aromatic rings. The fourth-order valence-corrected chi connectivity index (χ4v) is 4.86. The molecule has 1 aliphatic carbocycles. The van der Waals surface area contributed by atoms with Crippen LogP contribution in [0.2, 0.25) is 0 Å². The summed E-state index contributed by atoms with van der Waals surface area (Å²) < 4.78 is 78.1. The second-order valence-corrected chi connectivity index (χ2v) is 10.2. The van der Waals surface area contributed by atoms with Gasteiger partial charge in [0.1, 0.15) is 0 Å². The highest BCUT2D eigenvalue weighted by molar-refractivity contribution is 7.91. The van der Waals surface area contributed by atoms with Gasteiger partial charge in [-0.05, 0) is 69.1 Å². The third kappa shape index (κ3) is 6.97. The van der Waals surface area contributed by atoms with Crippen LogP contribution in [0.5, 0.6) is 5.75 Å². The summed E-state index contributed by atoms with van der Waals surface area (Å²) in [5, 5.41) is -0.359. The molecule has 1 fully saturated rings. The third-order valence-corrected chi connectivity index (χ3v) is 7.59. The summed E-state index contributed by atoms with van der Waals surface area (Å²) in [5.41, 5.74) is 0.597. The molecule has 0 atom stereocenters. The van der Waals surface area contributed by atoms with Gasteiger partial charge in [-0.3, -0.25) is 0 Å². The zero-order valence-electron chi connectivity index (χ0n) is 15.6. The van der Waals surface area contributed by atoms with E-state index in [1.54, 1.807) is 13.8 Å². The number of ether oxygens (including phenoxy) is 1. The van der Waals surface area contributed by atoms with E-state index in [0.29, 0.717) is 17.9 Å². The summed E-state index contributed by atoms with van der Waals surface area (Å²) in [6.07, 6.45) is -0.0925. The van der Waals surface area contributed by atoms with Crippen molar-refractivity contribution < 1.29 is 30.7 Å². The van der Waals surface area contributed by atoms with Crippen molar-refractivity contribution in [1.82, 2.24) is 0 Å². The Labute approximate surface area is 158 Å². The second kappa shape index (κ2) is 8.80. The smallest absolute Gasteiger partial charge is 0.403 e. The van der Waals surface area contributed by atoms with Crippen LogP contribution < -0.4 is 4.74 Å². The van der Waals surface area contributed by atoms with Gasteiger partial charge in [-0.25, -0.2) is 12.8 Å². The van der Waals surface area contributed by atoms with Gasteiger partial charge in [-0.1, -0.05) is 18.9 Å². The van der Waals surface area contributed by atoms with E-state index in [9.17, 15) is 26.0 Å². The van der Waals surface area contributed by atoms with Crippen LogP contribution >= 0.6 is 0 Å². The number of hydrogen-bond donors (Lipinski definition) is 0. The summed E-state index contributed by atoms with van der Waals surface area (Å²) in [5.74, 6) is -1.02. The van der Waals surface area contributed by atoms with Crippen LogP contribution in [0.3, 0.4) is 0 Å². The molecule has 0 aromatic heterocycles. The van der Waals surface area contributed by atoms with Gasteiger partial charge >= 0.3 is 6.36 Å². The molecule has 0 radical (unpaired) electrons. The van der Waals surface area contributed by atoms with Crippen LogP contribution in [0.1, 0.15) is 51.5 Å². The van der Waals surface area contributed by atoms with Crippen molar-refractivity contribution in [2.75, 3.05) is 5.75 Å². The molecule has 0 heterocycles. The number of aryl methyl sites for hydroxylation is 1. The minimum Gasteiger partial charge on any atom is -0.403 e. The van der Waals surface area contributed by atoms with Crippen molar-refractivity contribution in [1.29, 1.82) is 0 Å². The van der Waals surface area contributed by atoms with Crippen LogP contribution in [0, 0.1) is 17.7 Å². The molecule has 27 heavy (non-hydrogen) atoms. The van der Waals surface area contributed by atoms with Crippen LogP contribution in [0.4, 0.5) is 17.6 Å². The number of halogens is 4. The summed E-state index contributed by atoms with van der Waals surface area (Å²) in [6.45, 7) is 3.39. The number of rotatable bonds is 7. The average Bonchev–Trinajstić information content (AvgIpc) is 2.55. The number of sulfone groups is 1. The molecule has 3 nitrogen and oxygen atoms in total. The molecule has 154 valence electrons. The minimum absolute atomic E-state index is 0.186. The lowest BCUT2D eigenvalue weighted by Crippen LogP contribution is -2.26. The molecule has 8 heteroatoms. The summed E-state index contributed by atoms with van der Waals surface area (Å²) in [7, 11) is -3.04. The van der Waals surface area contributed by atoms with Crippen molar-refractivity contribution in [3.63, 3.8) is 0 Å². The van der Waals surface area contributed by atoms with Gasteiger partial charge in [-0.15, -0.1) is 13.2 Å². The molecule has 0 bridgehead atoms. The van der Waals surface area contributed by atoms with E-state index in [0.717, 1.165) is 44.2 Å². The molecular formula is C19H26F4O3S. The lowest BCUT2D eigenvalue weighted by molar-refractivity contribution is -0.275. The van der Waals surface area contributed by atoms with Crippen LogP contribution in [-0.2, 0) is 16.3 Å². The van der Waals surface area contributed by atoms with Crippen molar-refractivity contribution in [3.05, 3.63) is 29.6 Å². The van der Waals surface area contributed by atoms with Crippen molar-refractivity contribution in [3.8, 4) is 5.75 Å². The molecule has 0 saturated heterocycles. The Bertz CT molecular complexity index is 721. The first-order valence-electron chi connectivity index (χ1n) is 9.22. The maximum atomic E-state index is 13.5. The Hall–Kier alpha value is -1.31. The standard InChI is InChI=1S/C19H26F4O3S/c1-13(2)27(24,25)12-16-7-4-14(5-8-16)3-6-15-9-10-17(20)18(11-15)26-19(21,22)23/h9-11,13-14,16H,3-8,12H2,1-2H3. The van der Waals surface area contributed by atoms with Gasteiger partial charge in [0.05, 0.1) is 11.0 Å². The van der Waals surface area contributed by atoms with Crippen LogP contribution in [0.25, 0.3) is 0 Å². The molecule has 0 unspecified atom stereocenters. The van der Waals surface area contributed by atoms with Gasteiger partial charge in [0.25, 0.3) is 0 Å². The Morgan fingerprint density at radius 3 is 2.26 bits per heavy atom. The Morgan fingerprint density at radius 1 is 1.11 bits per heavy atom. The topological polar surface area (TPSA) is 43.4 Å². The SMILES string of the molecule is CC(C)S(=O)(=O)CC1CCC(CCc2ccc(F)c(OC(F)(F)F)c2)CC1. The predicted octanol–water partition coefficient (Wildman–Crippen LogP) is 5.29. The van der Waals surface area contributed by atoms with E-state index < -0.39 is 27.8 Å².